The number of hydrogen-bond acceptors (Lipinski definition) is 2. The highest BCUT2D eigenvalue weighted by Gasteiger charge is 2.46. The summed E-state index contributed by atoms with van der Waals surface area (Å²) in [5, 5.41) is 5.03. The standard InChI is InChI=1S/C59H39NS/c1-3-16-40(17-4-1)42-32-34-47(35-33-42)60(54-36-37-56-58(51-26-11-14-29-55(51)61-56)57(54)44-31-30-41-18-7-8-19-43(41)38-44)48-23-15-22-46(39-48)59(45-20-5-2-6-21-45)52-27-12-9-24-49(52)50-25-10-13-28-53(50)59/h1-39H. The summed E-state index contributed by atoms with van der Waals surface area (Å²) in [6, 6.07) is 87.5. The van der Waals surface area contributed by atoms with Crippen LogP contribution in [-0.2, 0) is 5.41 Å². The van der Waals surface area contributed by atoms with Crippen molar-refractivity contribution in [3.05, 3.63) is 259 Å². The maximum absolute atomic E-state index is 2.50. The molecule has 0 amide bonds. The van der Waals surface area contributed by atoms with Crippen molar-refractivity contribution in [1.82, 2.24) is 0 Å². The number of hydrogen-bond donors (Lipinski definition) is 0. The summed E-state index contributed by atoms with van der Waals surface area (Å²) in [6.45, 7) is 0. The van der Waals surface area contributed by atoms with Gasteiger partial charge in [0.2, 0.25) is 0 Å². The van der Waals surface area contributed by atoms with Gasteiger partial charge in [0, 0.05) is 37.1 Å². The molecule has 1 aliphatic rings. The highest BCUT2D eigenvalue weighted by molar-refractivity contribution is 7.26. The van der Waals surface area contributed by atoms with E-state index in [1.807, 2.05) is 11.3 Å². The number of thiophene rings is 1. The minimum Gasteiger partial charge on any atom is -0.310 e. The van der Waals surface area contributed by atoms with Gasteiger partial charge in [0.15, 0.2) is 0 Å². The summed E-state index contributed by atoms with van der Waals surface area (Å²) in [6.07, 6.45) is 0. The SMILES string of the molecule is c1ccc(-c2ccc(N(c3cccc(C4(c5ccccc5)c5ccccc5-c5ccccc54)c3)c3ccc4sc5ccccc5c4c3-c3ccc4ccccc4c3)cc2)cc1. The first-order chi connectivity index (χ1) is 30.3. The predicted octanol–water partition coefficient (Wildman–Crippen LogP) is 16.4. The van der Waals surface area contributed by atoms with Gasteiger partial charge in [0.1, 0.15) is 0 Å². The molecule has 1 aromatic heterocycles. The van der Waals surface area contributed by atoms with Crippen LogP contribution >= 0.6 is 11.3 Å². The molecule has 0 spiro atoms. The van der Waals surface area contributed by atoms with Crippen molar-refractivity contribution in [2.75, 3.05) is 4.90 Å². The third kappa shape index (κ3) is 5.60. The maximum atomic E-state index is 2.50. The van der Waals surface area contributed by atoms with Gasteiger partial charge in [0.05, 0.1) is 11.1 Å². The summed E-state index contributed by atoms with van der Waals surface area (Å²) in [5.74, 6) is 0. The van der Waals surface area contributed by atoms with E-state index in [1.165, 1.54) is 86.6 Å². The third-order valence-electron chi connectivity index (χ3n) is 12.7. The van der Waals surface area contributed by atoms with Gasteiger partial charge in [-0.25, -0.2) is 0 Å². The Hall–Kier alpha value is -7.52. The van der Waals surface area contributed by atoms with E-state index in [0.717, 1.165) is 17.1 Å². The molecule has 1 heterocycles. The summed E-state index contributed by atoms with van der Waals surface area (Å²) >= 11 is 1.87. The Labute approximate surface area is 360 Å². The Bertz CT molecular complexity index is 3370. The van der Waals surface area contributed by atoms with E-state index in [0.29, 0.717) is 0 Å². The Kier molecular flexibility index (Phi) is 8.33. The van der Waals surface area contributed by atoms with E-state index in [1.54, 1.807) is 0 Å². The number of rotatable bonds is 7. The summed E-state index contributed by atoms with van der Waals surface area (Å²) in [5.41, 5.74) is 15.3. The van der Waals surface area contributed by atoms with E-state index in [4.69, 9.17) is 0 Å². The molecule has 0 unspecified atom stereocenters. The Morgan fingerprint density at radius 1 is 0.361 bits per heavy atom. The first-order valence-corrected chi connectivity index (χ1v) is 21.8. The van der Waals surface area contributed by atoms with E-state index < -0.39 is 5.41 Å². The summed E-state index contributed by atoms with van der Waals surface area (Å²) in [7, 11) is 0. The number of nitrogens with zero attached hydrogens (tertiary/aromatic N) is 1. The van der Waals surface area contributed by atoms with Crippen LogP contribution < -0.4 is 4.90 Å². The molecule has 0 N–H and O–H groups in total. The Morgan fingerprint density at radius 2 is 0.967 bits per heavy atom. The molecule has 1 nitrogen and oxygen atoms in total. The zero-order valence-electron chi connectivity index (χ0n) is 33.4. The van der Waals surface area contributed by atoms with Crippen LogP contribution in [0.1, 0.15) is 22.3 Å². The molecule has 0 fully saturated rings. The Morgan fingerprint density at radius 3 is 1.74 bits per heavy atom. The molecule has 11 aromatic rings. The van der Waals surface area contributed by atoms with Crippen molar-refractivity contribution in [2.45, 2.75) is 5.41 Å². The second kappa shape index (κ2) is 14.3. The fourth-order valence-corrected chi connectivity index (χ4v) is 11.2. The van der Waals surface area contributed by atoms with Gasteiger partial charge in [0.25, 0.3) is 0 Å². The largest absolute Gasteiger partial charge is 0.310 e. The van der Waals surface area contributed by atoms with Crippen LogP contribution in [-0.4, -0.2) is 0 Å². The number of fused-ring (bicyclic) bond motifs is 7. The van der Waals surface area contributed by atoms with Crippen molar-refractivity contribution < 1.29 is 0 Å². The number of benzene rings is 10. The van der Waals surface area contributed by atoms with Gasteiger partial charge < -0.3 is 4.90 Å². The van der Waals surface area contributed by atoms with Gasteiger partial charge in [-0.15, -0.1) is 11.3 Å². The lowest BCUT2D eigenvalue weighted by Crippen LogP contribution is -2.28. The lowest BCUT2D eigenvalue weighted by atomic mass is 9.67. The molecule has 2 heteroatoms. The molecular weight excluding hydrogens is 755 g/mol. The van der Waals surface area contributed by atoms with Crippen LogP contribution in [0.15, 0.2) is 237 Å². The molecule has 0 bridgehead atoms. The average molecular weight is 794 g/mol. The van der Waals surface area contributed by atoms with Crippen LogP contribution in [0.4, 0.5) is 17.1 Å². The number of anilines is 3. The molecule has 0 saturated heterocycles. The zero-order valence-corrected chi connectivity index (χ0v) is 34.2. The molecule has 0 radical (unpaired) electrons. The molecule has 1 aliphatic carbocycles. The van der Waals surface area contributed by atoms with Crippen molar-refractivity contribution in [3.8, 4) is 33.4 Å². The monoisotopic (exact) mass is 793 g/mol. The fourth-order valence-electron chi connectivity index (χ4n) is 10.1. The highest BCUT2D eigenvalue weighted by atomic mass is 32.1. The smallest absolute Gasteiger partial charge is 0.0714 e. The van der Waals surface area contributed by atoms with E-state index >= 15 is 0 Å². The highest BCUT2D eigenvalue weighted by Crippen LogP contribution is 2.57. The molecule has 286 valence electrons. The van der Waals surface area contributed by atoms with Gasteiger partial charge in [-0.3, -0.25) is 0 Å². The summed E-state index contributed by atoms with van der Waals surface area (Å²) < 4.78 is 2.57. The normalized spacial score (nSPS) is 12.7. The molecular formula is C59H39NS. The third-order valence-corrected chi connectivity index (χ3v) is 13.9. The van der Waals surface area contributed by atoms with Crippen LogP contribution in [0.3, 0.4) is 0 Å². The molecule has 61 heavy (non-hydrogen) atoms. The van der Waals surface area contributed by atoms with Crippen LogP contribution in [0.25, 0.3) is 64.3 Å². The van der Waals surface area contributed by atoms with Gasteiger partial charge in [-0.1, -0.05) is 188 Å². The van der Waals surface area contributed by atoms with Crippen molar-refractivity contribution >= 4 is 59.3 Å². The van der Waals surface area contributed by atoms with Crippen molar-refractivity contribution in [3.63, 3.8) is 0 Å². The second-order valence-electron chi connectivity index (χ2n) is 16.0. The van der Waals surface area contributed by atoms with Gasteiger partial charge in [-0.2, -0.15) is 0 Å². The quantitative estimate of drug-likeness (QED) is 0.155. The van der Waals surface area contributed by atoms with Crippen molar-refractivity contribution in [1.29, 1.82) is 0 Å². The van der Waals surface area contributed by atoms with Gasteiger partial charge in [-0.05, 0) is 109 Å². The van der Waals surface area contributed by atoms with Crippen LogP contribution in [0, 0.1) is 0 Å². The first kappa shape index (κ1) is 35.4. The molecule has 10 aromatic carbocycles. The minimum absolute atomic E-state index is 0.526. The first-order valence-electron chi connectivity index (χ1n) is 21.0. The summed E-state index contributed by atoms with van der Waals surface area (Å²) in [4.78, 5) is 2.50. The van der Waals surface area contributed by atoms with Crippen LogP contribution in [0.5, 0.6) is 0 Å². The molecule has 0 saturated carbocycles. The molecule has 12 rings (SSSR count). The molecule has 0 atom stereocenters. The lowest BCUT2D eigenvalue weighted by Gasteiger charge is -2.35. The van der Waals surface area contributed by atoms with E-state index in [2.05, 4.69) is 241 Å². The lowest BCUT2D eigenvalue weighted by molar-refractivity contribution is 0.768. The van der Waals surface area contributed by atoms with E-state index in [-0.39, 0.29) is 0 Å². The van der Waals surface area contributed by atoms with Gasteiger partial charge >= 0.3 is 0 Å². The van der Waals surface area contributed by atoms with Crippen molar-refractivity contribution in [2.24, 2.45) is 0 Å². The molecule has 0 aliphatic heterocycles. The predicted molar refractivity (Wildman–Crippen MR) is 260 cm³/mol. The Balaban J connectivity index is 1.16. The second-order valence-corrected chi connectivity index (χ2v) is 17.1. The van der Waals surface area contributed by atoms with Crippen LogP contribution in [0.2, 0.25) is 0 Å². The topological polar surface area (TPSA) is 3.24 Å². The zero-order chi connectivity index (χ0) is 40.3. The average Bonchev–Trinajstić information content (AvgIpc) is 3.86. The van der Waals surface area contributed by atoms with E-state index in [9.17, 15) is 0 Å². The fraction of sp³-hybridized carbons (Fsp3) is 0.0169. The minimum atomic E-state index is -0.526. The maximum Gasteiger partial charge on any atom is 0.0714 e.